The van der Waals surface area contributed by atoms with Crippen LogP contribution in [0.25, 0.3) is 0 Å². The predicted octanol–water partition coefficient (Wildman–Crippen LogP) is 1.80. The molecule has 0 aliphatic heterocycles. The molecule has 0 unspecified atom stereocenters. The molecule has 18 heavy (non-hydrogen) atoms. The minimum absolute atomic E-state index is 0.0572. The Morgan fingerprint density at radius 1 is 1.50 bits per heavy atom. The second-order valence-corrected chi connectivity index (χ2v) is 5.18. The zero-order valence-electron chi connectivity index (χ0n) is 10.9. The molecule has 0 radical (unpaired) electrons. The highest BCUT2D eigenvalue weighted by atomic mass is 16.2. The normalized spacial score (nSPS) is 10.4. The lowest BCUT2D eigenvalue weighted by atomic mass is 9.92. The summed E-state index contributed by atoms with van der Waals surface area (Å²) in [5.74, 6) is 5.73. The summed E-state index contributed by atoms with van der Waals surface area (Å²) in [6.07, 6.45) is 2.01. The van der Waals surface area contributed by atoms with Crippen molar-refractivity contribution in [2.45, 2.75) is 27.2 Å². The van der Waals surface area contributed by atoms with Crippen LogP contribution >= 0.6 is 0 Å². The number of hydrogen-bond acceptors (Lipinski definition) is 3. The maximum Gasteiger partial charge on any atom is 0.226 e. The number of rotatable bonds is 2. The van der Waals surface area contributed by atoms with E-state index in [-0.39, 0.29) is 17.9 Å². The summed E-state index contributed by atoms with van der Waals surface area (Å²) in [7, 11) is 0. The van der Waals surface area contributed by atoms with Crippen molar-refractivity contribution in [2.75, 3.05) is 11.9 Å². The van der Waals surface area contributed by atoms with Gasteiger partial charge in [-0.3, -0.25) is 4.79 Å². The summed E-state index contributed by atoms with van der Waals surface area (Å²) < 4.78 is 0. The van der Waals surface area contributed by atoms with Gasteiger partial charge in [0.1, 0.15) is 12.4 Å². The van der Waals surface area contributed by atoms with Gasteiger partial charge in [0.05, 0.1) is 0 Å². The molecule has 0 aromatic carbocycles. The lowest BCUT2D eigenvalue weighted by Gasteiger charge is -2.16. The first-order valence-electron chi connectivity index (χ1n) is 5.76. The number of carbonyl (C=O) groups excluding carboxylic acids is 1. The van der Waals surface area contributed by atoms with Crippen LogP contribution in [0.3, 0.4) is 0 Å². The number of hydrogen-bond donors (Lipinski definition) is 2. The van der Waals surface area contributed by atoms with Crippen LogP contribution in [0.15, 0.2) is 18.3 Å². The highest BCUT2D eigenvalue weighted by Crippen LogP contribution is 2.19. The van der Waals surface area contributed by atoms with Crippen LogP contribution < -0.4 is 5.32 Å². The molecule has 0 saturated carbocycles. The van der Waals surface area contributed by atoms with E-state index in [2.05, 4.69) is 22.1 Å². The Morgan fingerprint density at radius 3 is 2.83 bits per heavy atom. The molecule has 0 saturated heterocycles. The maximum absolute atomic E-state index is 11.7. The lowest BCUT2D eigenvalue weighted by molar-refractivity contribution is -0.117. The number of anilines is 1. The molecule has 1 amide bonds. The van der Waals surface area contributed by atoms with Crippen LogP contribution in [-0.2, 0) is 4.79 Å². The highest BCUT2D eigenvalue weighted by molar-refractivity contribution is 5.90. The Hall–Kier alpha value is -1.86. The van der Waals surface area contributed by atoms with Crippen LogP contribution in [-0.4, -0.2) is 22.6 Å². The van der Waals surface area contributed by atoms with Crippen molar-refractivity contribution in [3.05, 3.63) is 23.9 Å². The molecule has 96 valence electrons. The van der Waals surface area contributed by atoms with E-state index >= 15 is 0 Å². The van der Waals surface area contributed by atoms with Crippen LogP contribution in [0.4, 0.5) is 5.82 Å². The first-order chi connectivity index (χ1) is 8.40. The number of nitrogens with one attached hydrogen (secondary N) is 1. The number of aliphatic hydroxyl groups is 1. The summed E-state index contributed by atoms with van der Waals surface area (Å²) >= 11 is 0. The number of carbonyl (C=O) groups is 1. The van der Waals surface area contributed by atoms with Crippen molar-refractivity contribution in [2.24, 2.45) is 5.41 Å². The number of aromatic nitrogens is 1. The zero-order valence-corrected chi connectivity index (χ0v) is 10.9. The smallest absolute Gasteiger partial charge is 0.226 e. The SMILES string of the molecule is CC(C)(C)CC(=O)Nc1cc(C#CCO)ccn1. The van der Waals surface area contributed by atoms with E-state index in [0.29, 0.717) is 17.8 Å². The zero-order chi connectivity index (χ0) is 13.6. The third-order valence-corrected chi connectivity index (χ3v) is 2.03. The molecule has 2 N–H and O–H groups in total. The van der Waals surface area contributed by atoms with E-state index in [4.69, 9.17) is 5.11 Å². The molecule has 1 heterocycles. The second-order valence-electron chi connectivity index (χ2n) is 5.18. The summed E-state index contributed by atoms with van der Waals surface area (Å²) in [6.45, 7) is 5.82. The molecule has 1 aromatic rings. The van der Waals surface area contributed by atoms with Gasteiger partial charge in [0.25, 0.3) is 0 Å². The summed E-state index contributed by atoms with van der Waals surface area (Å²) in [5, 5.41) is 11.3. The molecule has 1 aromatic heterocycles. The van der Waals surface area contributed by atoms with Crippen molar-refractivity contribution < 1.29 is 9.90 Å². The average molecular weight is 246 g/mol. The summed E-state index contributed by atoms with van der Waals surface area (Å²) in [5.41, 5.74) is 0.656. The Balaban J connectivity index is 2.70. The molecule has 0 aliphatic carbocycles. The van der Waals surface area contributed by atoms with Crippen molar-refractivity contribution in [1.82, 2.24) is 4.98 Å². The summed E-state index contributed by atoms with van der Waals surface area (Å²) in [6, 6.07) is 3.41. The molecule has 0 spiro atoms. The Bertz CT molecular complexity index is 479. The van der Waals surface area contributed by atoms with Gasteiger partial charge in [0, 0.05) is 18.2 Å². The third-order valence-electron chi connectivity index (χ3n) is 2.03. The topological polar surface area (TPSA) is 62.2 Å². The van der Waals surface area contributed by atoms with E-state index in [1.54, 1.807) is 18.3 Å². The van der Waals surface area contributed by atoms with E-state index in [1.807, 2.05) is 20.8 Å². The van der Waals surface area contributed by atoms with Gasteiger partial charge in [-0.15, -0.1) is 0 Å². The fraction of sp³-hybridized carbons (Fsp3) is 0.429. The van der Waals surface area contributed by atoms with Gasteiger partial charge in [-0.2, -0.15) is 0 Å². The van der Waals surface area contributed by atoms with E-state index in [1.165, 1.54) is 0 Å². The van der Waals surface area contributed by atoms with E-state index in [9.17, 15) is 4.79 Å². The number of amides is 1. The van der Waals surface area contributed by atoms with Gasteiger partial charge in [-0.1, -0.05) is 32.6 Å². The molecule has 4 heteroatoms. The highest BCUT2D eigenvalue weighted by Gasteiger charge is 2.16. The number of nitrogens with zero attached hydrogens (tertiary/aromatic N) is 1. The molecule has 0 bridgehead atoms. The molecular formula is C14H18N2O2. The number of aliphatic hydroxyl groups excluding tert-OH is 1. The molecule has 0 atom stereocenters. The standard InChI is InChI=1S/C14H18N2O2/c1-14(2,3)10-13(18)16-12-9-11(5-4-8-17)6-7-15-12/h6-7,9,17H,8,10H2,1-3H3,(H,15,16,18). The third kappa shape index (κ3) is 5.46. The summed E-state index contributed by atoms with van der Waals surface area (Å²) in [4.78, 5) is 15.8. The van der Waals surface area contributed by atoms with Crippen LogP contribution in [0.1, 0.15) is 32.8 Å². The average Bonchev–Trinajstić information content (AvgIpc) is 2.24. The molecule has 0 fully saturated rings. The lowest BCUT2D eigenvalue weighted by Crippen LogP contribution is -2.20. The predicted molar refractivity (Wildman–Crippen MR) is 70.9 cm³/mol. The van der Waals surface area contributed by atoms with Crippen LogP contribution in [0.5, 0.6) is 0 Å². The van der Waals surface area contributed by atoms with Gasteiger partial charge >= 0.3 is 0 Å². The first kappa shape index (κ1) is 14.2. The van der Waals surface area contributed by atoms with Crippen molar-refractivity contribution >= 4 is 11.7 Å². The van der Waals surface area contributed by atoms with Gasteiger partial charge in [0.15, 0.2) is 0 Å². The monoisotopic (exact) mass is 246 g/mol. The molecule has 0 aliphatic rings. The fourth-order valence-corrected chi connectivity index (χ4v) is 1.39. The van der Waals surface area contributed by atoms with Gasteiger partial charge in [-0.25, -0.2) is 4.98 Å². The first-order valence-corrected chi connectivity index (χ1v) is 5.76. The van der Waals surface area contributed by atoms with Gasteiger partial charge in [0.2, 0.25) is 5.91 Å². The molecule has 4 nitrogen and oxygen atoms in total. The fourth-order valence-electron chi connectivity index (χ4n) is 1.39. The largest absolute Gasteiger partial charge is 0.384 e. The van der Waals surface area contributed by atoms with E-state index < -0.39 is 0 Å². The van der Waals surface area contributed by atoms with Crippen LogP contribution in [0.2, 0.25) is 0 Å². The van der Waals surface area contributed by atoms with Gasteiger partial charge < -0.3 is 10.4 Å². The van der Waals surface area contributed by atoms with Crippen molar-refractivity contribution in [3.63, 3.8) is 0 Å². The van der Waals surface area contributed by atoms with Crippen molar-refractivity contribution in [3.8, 4) is 11.8 Å². The Labute approximate surface area is 107 Å². The quantitative estimate of drug-likeness (QED) is 0.782. The van der Waals surface area contributed by atoms with E-state index in [0.717, 1.165) is 0 Å². The number of pyridine rings is 1. The Kier molecular flexibility index (Phi) is 4.87. The minimum Gasteiger partial charge on any atom is -0.384 e. The molecular weight excluding hydrogens is 228 g/mol. The Morgan fingerprint density at radius 2 is 2.22 bits per heavy atom. The maximum atomic E-state index is 11.7. The van der Waals surface area contributed by atoms with Crippen LogP contribution in [0, 0.1) is 17.3 Å². The molecule has 1 rings (SSSR count). The minimum atomic E-state index is -0.186. The second kappa shape index (κ2) is 6.18. The van der Waals surface area contributed by atoms with Crippen molar-refractivity contribution in [1.29, 1.82) is 0 Å². The van der Waals surface area contributed by atoms with Gasteiger partial charge in [-0.05, 0) is 17.5 Å².